The van der Waals surface area contributed by atoms with Gasteiger partial charge in [-0.25, -0.2) is 12.7 Å². The molecule has 1 aromatic carbocycles. The van der Waals surface area contributed by atoms with Gasteiger partial charge in [0.25, 0.3) is 0 Å². The number of amides is 2. The second-order valence-electron chi connectivity index (χ2n) is 7.70. The molecule has 7 nitrogen and oxygen atoms in total. The van der Waals surface area contributed by atoms with E-state index < -0.39 is 10.0 Å². The molecule has 3 rings (SSSR count). The van der Waals surface area contributed by atoms with Gasteiger partial charge in [0.2, 0.25) is 21.8 Å². The number of hydrogen-bond donors (Lipinski definition) is 1. The van der Waals surface area contributed by atoms with Crippen molar-refractivity contribution in [1.82, 2.24) is 4.31 Å². The first-order chi connectivity index (χ1) is 13.3. The lowest BCUT2D eigenvalue weighted by Crippen LogP contribution is -2.46. The van der Waals surface area contributed by atoms with E-state index >= 15 is 0 Å². The first-order valence-corrected chi connectivity index (χ1v) is 11.6. The minimum absolute atomic E-state index is 0.0265. The van der Waals surface area contributed by atoms with E-state index in [4.69, 9.17) is 0 Å². The lowest BCUT2D eigenvalue weighted by molar-refractivity contribution is -0.123. The first kappa shape index (κ1) is 20.8. The molecule has 2 aliphatic heterocycles. The Morgan fingerprint density at radius 1 is 1.21 bits per heavy atom. The molecule has 1 atom stereocenters. The van der Waals surface area contributed by atoms with E-state index in [0.717, 1.165) is 6.42 Å². The van der Waals surface area contributed by atoms with Gasteiger partial charge in [-0.3, -0.25) is 9.59 Å². The Hall–Kier alpha value is -1.93. The lowest BCUT2D eigenvalue weighted by atomic mass is 9.95. The average Bonchev–Trinajstić information content (AvgIpc) is 2.82. The van der Waals surface area contributed by atoms with Gasteiger partial charge in [-0.1, -0.05) is 32.4 Å². The number of nitrogens with one attached hydrogen (secondary N) is 1. The summed E-state index contributed by atoms with van der Waals surface area (Å²) in [5.74, 6) is -0.495. The quantitative estimate of drug-likeness (QED) is 0.812. The van der Waals surface area contributed by atoms with Crippen molar-refractivity contribution >= 4 is 33.2 Å². The van der Waals surface area contributed by atoms with Crippen molar-refractivity contribution < 1.29 is 18.0 Å². The van der Waals surface area contributed by atoms with Crippen LogP contribution in [0.1, 0.15) is 39.5 Å². The summed E-state index contributed by atoms with van der Waals surface area (Å²) in [6.07, 6.45) is 2.52. The highest BCUT2D eigenvalue weighted by Crippen LogP contribution is 2.33. The summed E-state index contributed by atoms with van der Waals surface area (Å²) in [5, 5.41) is 2.89. The average molecular weight is 408 g/mol. The summed E-state index contributed by atoms with van der Waals surface area (Å²) in [6, 6.07) is 7.33. The lowest BCUT2D eigenvalue weighted by Gasteiger charge is -2.34. The van der Waals surface area contributed by atoms with E-state index in [2.05, 4.69) is 5.32 Å². The number of sulfonamides is 1. The monoisotopic (exact) mass is 407 g/mol. The van der Waals surface area contributed by atoms with E-state index in [0.29, 0.717) is 50.3 Å². The molecule has 0 radical (unpaired) electrons. The van der Waals surface area contributed by atoms with E-state index in [1.54, 1.807) is 11.0 Å². The van der Waals surface area contributed by atoms with Crippen molar-refractivity contribution in [2.75, 3.05) is 35.6 Å². The number of unbranched alkanes of at least 4 members (excludes halogenated alkanes) is 1. The predicted octanol–water partition coefficient (Wildman–Crippen LogP) is 2.45. The number of piperidine rings is 1. The van der Waals surface area contributed by atoms with E-state index in [1.807, 2.05) is 32.0 Å². The molecule has 28 heavy (non-hydrogen) atoms. The molecule has 1 unspecified atom stereocenters. The molecular weight excluding hydrogens is 378 g/mol. The zero-order chi connectivity index (χ0) is 20.3. The summed E-state index contributed by atoms with van der Waals surface area (Å²) >= 11 is 0. The largest absolute Gasteiger partial charge is 0.324 e. The topological polar surface area (TPSA) is 86.8 Å². The van der Waals surface area contributed by atoms with Crippen molar-refractivity contribution in [3.05, 3.63) is 24.3 Å². The molecule has 0 aliphatic carbocycles. The number of rotatable bonds is 5. The van der Waals surface area contributed by atoms with Crippen LogP contribution in [0.15, 0.2) is 24.3 Å². The van der Waals surface area contributed by atoms with Crippen LogP contribution in [0.5, 0.6) is 0 Å². The van der Waals surface area contributed by atoms with Gasteiger partial charge in [0, 0.05) is 25.6 Å². The normalized spacial score (nSPS) is 21.7. The van der Waals surface area contributed by atoms with E-state index in [-0.39, 0.29) is 29.4 Å². The van der Waals surface area contributed by atoms with Crippen molar-refractivity contribution in [2.45, 2.75) is 39.5 Å². The van der Waals surface area contributed by atoms with E-state index in [9.17, 15) is 18.0 Å². The Morgan fingerprint density at radius 3 is 2.57 bits per heavy atom. The second-order valence-corrected chi connectivity index (χ2v) is 9.79. The molecule has 0 bridgehead atoms. The highest BCUT2D eigenvalue weighted by atomic mass is 32.2. The number of benzene rings is 1. The molecule has 1 N–H and O–H groups in total. The maximum absolute atomic E-state index is 13.3. The molecular formula is C20H29N3O4S. The SMILES string of the molecule is CCCCS(=O)(=O)N1CCC(C(=O)N2CC(C)C(=O)Nc3ccccc32)CC1. The number of hydrogen-bond acceptors (Lipinski definition) is 4. The Morgan fingerprint density at radius 2 is 1.89 bits per heavy atom. The Bertz CT molecular complexity index is 832. The Balaban J connectivity index is 1.72. The van der Waals surface area contributed by atoms with E-state index in [1.165, 1.54) is 4.31 Å². The smallest absolute Gasteiger partial charge is 0.230 e. The van der Waals surface area contributed by atoms with Crippen LogP contribution in [-0.4, -0.2) is 49.9 Å². The van der Waals surface area contributed by atoms with Crippen molar-refractivity contribution in [1.29, 1.82) is 0 Å². The van der Waals surface area contributed by atoms with Crippen LogP contribution < -0.4 is 10.2 Å². The maximum atomic E-state index is 13.3. The van der Waals surface area contributed by atoms with Gasteiger partial charge in [0.1, 0.15) is 0 Å². The summed E-state index contributed by atoms with van der Waals surface area (Å²) in [7, 11) is -3.24. The van der Waals surface area contributed by atoms with Gasteiger partial charge in [-0.05, 0) is 31.4 Å². The zero-order valence-corrected chi connectivity index (χ0v) is 17.4. The van der Waals surface area contributed by atoms with Gasteiger partial charge >= 0.3 is 0 Å². The second kappa shape index (κ2) is 8.61. The minimum atomic E-state index is -3.24. The molecule has 0 spiro atoms. The van der Waals surface area contributed by atoms with Gasteiger partial charge in [0.15, 0.2) is 0 Å². The number of carbonyl (C=O) groups excluding carboxylic acids is 2. The zero-order valence-electron chi connectivity index (χ0n) is 16.6. The third kappa shape index (κ3) is 4.38. The Kier molecular flexibility index (Phi) is 6.40. The molecule has 1 fully saturated rings. The molecule has 1 aromatic rings. The third-order valence-electron chi connectivity index (χ3n) is 5.58. The maximum Gasteiger partial charge on any atom is 0.230 e. The highest BCUT2D eigenvalue weighted by Gasteiger charge is 2.36. The predicted molar refractivity (Wildman–Crippen MR) is 110 cm³/mol. The molecule has 2 heterocycles. The van der Waals surface area contributed by atoms with Crippen LogP contribution in [0.25, 0.3) is 0 Å². The minimum Gasteiger partial charge on any atom is -0.324 e. The standard InChI is InChI=1S/C20H29N3O4S/c1-3-4-13-28(26,27)22-11-9-16(10-12-22)20(25)23-14-15(2)19(24)21-17-7-5-6-8-18(17)23/h5-8,15-16H,3-4,9-14H2,1-2H3,(H,21,24). The molecule has 0 saturated carbocycles. The summed E-state index contributed by atoms with van der Waals surface area (Å²) in [4.78, 5) is 27.2. The molecule has 2 amide bonds. The van der Waals surface area contributed by atoms with Crippen LogP contribution in [0, 0.1) is 11.8 Å². The first-order valence-electron chi connectivity index (χ1n) is 10.0. The van der Waals surface area contributed by atoms with Crippen molar-refractivity contribution in [2.24, 2.45) is 11.8 Å². The fourth-order valence-electron chi connectivity index (χ4n) is 3.79. The number of anilines is 2. The van der Waals surface area contributed by atoms with Crippen molar-refractivity contribution in [3.8, 4) is 0 Å². The fourth-order valence-corrected chi connectivity index (χ4v) is 5.47. The van der Waals surface area contributed by atoms with Gasteiger partial charge in [-0.2, -0.15) is 0 Å². The molecule has 1 saturated heterocycles. The van der Waals surface area contributed by atoms with Gasteiger partial charge in [0.05, 0.1) is 23.0 Å². The highest BCUT2D eigenvalue weighted by molar-refractivity contribution is 7.89. The van der Waals surface area contributed by atoms with Crippen LogP contribution >= 0.6 is 0 Å². The molecule has 2 aliphatic rings. The number of fused-ring (bicyclic) bond motifs is 1. The molecule has 154 valence electrons. The van der Waals surface area contributed by atoms with Crippen molar-refractivity contribution in [3.63, 3.8) is 0 Å². The van der Waals surface area contributed by atoms with Crippen LogP contribution in [0.3, 0.4) is 0 Å². The number of para-hydroxylation sites is 2. The fraction of sp³-hybridized carbons (Fsp3) is 0.600. The number of nitrogens with zero attached hydrogens (tertiary/aromatic N) is 2. The molecule has 0 aromatic heterocycles. The summed E-state index contributed by atoms with van der Waals surface area (Å²) < 4.78 is 26.3. The summed E-state index contributed by atoms with van der Waals surface area (Å²) in [5.41, 5.74) is 1.35. The number of carbonyl (C=O) groups is 2. The Labute approximate surface area is 167 Å². The van der Waals surface area contributed by atoms with Gasteiger partial charge in [-0.15, -0.1) is 0 Å². The van der Waals surface area contributed by atoms with Crippen LogP contribution in [0.4, 0.5) is 11.4 Å². The van der Waals surface area contributed by atoms with Crippen LogP contribution in [0.2, 0.25) is 0 Å². The van der Waals surface area contributed by atoms with Gasteiger partial charge < -0.3 is 10.2 Å². The third-order valence-corrected chi connectivity index (χ3v) is 7.53. The van der Waals surface area contributed by atoms with Crippen LogP contribution in [-0.2, 0) is 19.6 Å². The molecule has 8 heteroatoms. The summed E-state index contributed by atoms with van der Waals surface area (Å²) in [6.45, 7) is 4.87.